The lowest BCUT2D eigenvalue weighted by Crippen LogP contribution is -2.24. The van der Waals surface area contributed by atoms with Crippen LogP contribution in [0.1, 0.15) is 34.1 Å². The van der Waals surface area contributed by atoms with Crippen LogP contribution in [0.15, 0.2) is 11.0 Å². The van der Waals surface area contributed by atoms with Gasteiger partial charge in [-0.2, -0.15) is 0 Å². The highest BCUT2D eigenvalue weighted by Gasteiger charge is 2.26. The van der Waals surface area contributed by atoms with Crippen LogP contribution in [0, 0.1) is 0 Å². The molecular weight excluding hydrogens is 272 g/mol. The van der Waals surface area contributed by atoms with Crippen LogP contribution in [-0.2, 0) is 24.1 Å². The van der Waals surface area contributed by atoms with Gasteiger partial charge in [-0.25, -0.2) is 13.2 Å². The summed E-state index contributed by atoms with van der Waals surface area (Å²) in [5.74, 6) is -1.30. The summed E-state index contributed by atoms with van der Waals surface area (Å²) in [6.45, 7) is 7.22. The predicted octanol–water partition coefficient (Wildman–Crippen LogP) is 1.57. The molecule has 19 heavy (non-hydrogen) atoms. The average Bonchev–Trinajstić information content (AvgIpc) is 2.27. The summed E-state index contributed by atoms with van der Waals surface area (Å²) in [5, 5.41) is 8.09. The fourth-order valence-electron chi connectivity index (χ4n) is 1.40. The minimum absolute atomic E-state index is 0.103. The highest BCUT2D eigenvalue weighted by atomic mass is 32.2. The van der Waals surface area contributed by atoms with E-state index < -0.39 is 27.3 Å². The third kappa shape index (κ3) is 6.17. The summed E-state index contributed by atoms with van der Waals surface area (Å²) >= 11 is 0. The minimum atomic E-state index is -3.65. The standard InChI is InChI=1S/C12H22O6S/c1-5-17-12(18-6-2)8-10(7-11(13)14)19(15,16)9(3)4/h7,9,12H,5-6,8H2,1-4H3,(H,13,14). The molecule has 0 aromatic heterocycles. The molecule has 0 unspecified atom stereocenters. The molecule has 0 saturated heterocycles. The van der Waals surface area contributed by atoms with Gasteiger partial charge in [0.2, 0.25) is 0 Å². The van der Waals surface area contributed by atoms with Gasteiger partial charge in [0, 0.05) is 25.7 Å². The fraction of sp³-hybridized carbons (Fsp3) is 0.750. The van der Waals surface area contributed by atoms with E-state index in [0.29, 0.717) is 19.3 Å². The van der Waals surface area contributed by atoms with E-state index in [0.717, 1.165) is 0 Å². The number of rotatable bonds is 9. The highest BCUT2D eigenvalue weighted by molar-refractivity contribution is 7.95. The highest BCUT2D eigenvalue weighted by Crippen LogP contribution is 2.20. The second-order valence-electron chi connectivity index (χ2n) is 4.09. The molecular formula is C12H22O6S. The summed E-state index contributed by atoms with van der Waals surface area (Å²) in [4.78, 5) is 10.6. The van der Waals surface area contributed by atoms with Crippen LogP contribution in [0.25, 0.3) is 0 Å². The van der Waals surface area contributed by atoms with E-state index in [-0.39, 0.29) is 11.3 Å². The minimum Gasteiger partial charge on any atom is -0.478 e. The Bertz CT molecular complexity index is 404. The van der Waals surface area contributed by atoms with Gasteiger partial charge < -0.3 is 14.6 Å². The van der Waals surface area contributed by atoms with Crippen LogP contribution < -0.4 is 0 Å². The molecule has 0 aliphatic rings. The Kier molecular flexibility index (Phi) is 7.89. The Hall–Kier alpha value is -0.920. The molecule has 0 atom stereocenters. The largest absolute Gasteiger partial charge is 0.478 e. The molecule has 0 aromatic rings. The van der Waals surface area contributed by atoms with Gasteiger partial charge in [-0.05, 0) is 27.7 Å². The van der Waals surface area contributed by atoms with Crippen molar-refractivity contribution in [1.29, 1.82) is 0 Å². The van der Waals surface area contributed by atoms with E-state index in [1.807, 2.05) is 0 Å². The van der Waals surface area contributed by atoms with Crippen molar-refractivity contribution in [3.8, 4) is 0 Å². The van der Waals surface area contributed by atoms with E-state index in [1.54, 1.807) is 13.8 Å². The van der Waals surface area contributed by atoms with Gasteiger partial charge in [-0.1, -0.05) is 0 Å². The smallest absolute Gasteiger partial charge is 0.329 e. The van der Waals surface area contributed by atoms with Crippen molar-refractivity contribution in [2.24, 2.45) is 0 Å². The van der Waals surface area contributed by atoms with Crippen LogP contribution in [0.2, 0.25) is 0 Å². The first-order chi connectivity index (χ1) is 8.75. The third-order valence-electron chi connectivity index (χ3n) is 2.34. The molecule has 7 heteroatoms. The third-order valence-corrected chi connectivity index (χ3v) is 4.60. The number of carboxylic acids is 1. The predicted molar refractivity (Wildman–Crippen MR) is 71.4 cm³/mol. The Morgan fingerprint density at radius 3 is 2.00 bits per heavy atom. The lowest BCUT2D eigenvalue weighted by molar-refractivity contribution is -0.134. The maximum atomic E-state index is 12.1. The van der Waals surface area contributed by atoms with E-state index in [4.69, 9.17) is 14.6 Å². The maximum Gasteiger partial charge on any atom is 0.329 e. The molecule has 0 saturated carbocycles. The van der Waals surface area contributed by atoms with Crippen molar-refractivity contribution in [1.82, 2.24) is 0 Å². The zero-order valence-electron chi connectivity index (χ0n) is 11.8. The number of hydrogen-bond acceptors (Lipinski definition) is 5. The van der Waals surface area contributed by atoms with Crippen molar-refractivity contribution in [3.63, 3.8) is 0 Å². The van der Waals surface area contributed by atoms with E-state index in [2.05, 4.69) is 0 Å². The van der Waals surface area contributed by atoms with Gasteiger partial charge >= 0.3 is 5.97 Å². The van der Waals surface area contributed by atoms with Crippen molar-refractivity contribution in [2.45, 2.75) is 45.7 Å². The molecule has 0 rings (SSSR count). The number of sulfone groups is 1. The second-order valence-corrected chi connectivity index (χ2v) is 6.64. The lowest BCUT2D eigenvalue weighted by Gasteiger charge is -2.19. The summed E-state index contributed by atoms with van der Waals surface area (Å²) in [5.41, 5.74) is 0. The van der Waals surface area contributed by atoms with Crippen LogP contribution in [0.4, 0.5) is 0 Å². The molecule has 0 heterocycles. The Morgan fingerprint density at radius 2 is 1.68 bits per heavy atom. The zero-order chi connectivity index (χ0) is 15.1. The van der Waals surface area contributed by atoms with Crippen molar-refractivity contribution in [3.05, 3.63) is 11.0 Å². The number of hydrogen-bond donors (Lipinski definition) is 1. The normalized spacial score (nSPS) is 13.3. The molecule has 1 N–H and O–H groups in total. The molecule has 112 valence electrons. The van der Waals surface area contributed by atoms with Crippen molar-refractivity contribution >= 4 is 15.8 Å². The van der Waals surface area contributed by atoms with Gasteiger partial charge in [0.15, 0.2) is 16.1 Å². The summed E-state index contributed by atoms with van der Waals surface area (Å²) < 4.78 is 34.6. The number of ether oxygens (including phenoxy) is 2. The lowest BCUT2D eigenvalue weighted by atomic mass is 10.3. The van der Waals surface area contributed by atoms with Crippen LogP contribution in [0.5, 0.6) is 0 Å². The molecule has 0 aliphatic heterocycles. The van der Waals surface area contributed by atoms with E-state index in [1.165, 1.54) is 13.8 Å². The summed E-state index contributed by atoms with van der Waals surface area (Å²) in [6.07, 6.45) is -0.149. The van der Waals surface area contributed by atoms with E-state index in [9.17, 15) is 13.2 Å². The van der Waals surface area contributed by atoms with E-state index >= 15 is 0 Å². The molecule has 0 spiro atoms. The number of carboxylic acid groups (broad SMARTS) is 1. The Balaban J connectivity index is 5.23. The van der Waals surface area contributed by atoms with Crippen LogP contribution >= 0.6 is 0 Å². The average molecular weight is 294 g/mol. The van der Waals surface area contributed by atoms with Crippen LogP contribution in [0.3, 0.4) is 0 Å². The topological polar surface area (TPSA) is 89.9 Å². The molecule has 0 aliphatic carbocycles. The molecule has 6 nitrogen and oxygen atoms in total. The van der Waals surface area contributed by atoms with Crippen LogP contribution in [-0.4, -0.2) is 44.2 Å². The summed E-state index contributed by atoms with van der Waals surface area (Å²) in [7, 11) is -3.65. The Morgan fingerprint density at radius 1 is 1.21 bits per heavy atom. The van der Waals surface area contributed by atoms with Gasteiger partial charge in [-0.3, -0.25) is 0 Å². The zero-order valence-corrected chi connectivity index (χ0v) is 12.6. The fourth-order valence-corrected chi connectivity index (χ4v) is 2.64. The Labute approximate surface area is 114 Å². The van der Waals surface area contributed by atoms with Gasteiger partial charge in [0.05, 0.1) is 10.2 Å². The van der Waals surface area contributed by atoms with Gasteiger partial charge in [0.25, 0.3) is 0 Å². The summed E-state index contributed by atoms with van der Waals surface area (Å²) in [6, 6.07) is 0. The van der Waals surface area contributed by atoms with Gasteiger partial charge in [-0.15, -0.1) is 0 Å². The second kappa shape index (κ2) is 8.29. The molecule has 0 radical (unpaired) electrons. The molecule has 0 fully saturated rings. The SMILES string of the molecule is CCOC(CC(=CC(=O)O)S(=O)(=O)C(C)C)OCC. The first-order valence-corrected chi connectivity index (χ1v) is 7.70. The maximum absolute atomic E-state index is 12.1. The molecule has 0 amide bonds. The molecule has 0 bridgehead atoms. The first-order valence-electron chi connectivity index (χ1n) is 6.16. The van der Waals surface area contributed by atoms with Gasteiger partial charge in [0.1, 0.15) is 0 Å². The monoisotopic (exact) mass is 294 g/mol. The number of carbonyl (C=O) groups is 1. The quantitative estimate of drug-likeness (QED) is 0.513. The first kappa shape index (κ1) is 18.1. The molecule has 0 aromatic carbocycles. The number of aliphatic carboxylic acids is 1. The van der Waals surface area contributed by atoms with Crippen molar-refractivity contribution < 1.29 is 27.8 Å². The van der Waals surface area contributed by atoms with Crippen molar-refractivity contribution in [2.75, 3.05) is 13.2 Å².